The molecule has 0 aromatic carbocycles. The van der Waals surface area contributed by atoms with Crippen molar-refractivity contribution in [3.05, 3.63) is 38.3 Å². The average Bonchev–Trinajstić information content (AvgIpc) is 3.07. The summed E-state index contributed by atoms with van der Waals surface area (Å²) < 4.78 is 3.31. The van der Waals surface area contributed by atoms with Gasteiger partial charge in [-0.1, -0.05) is 13.0 Å². The second-order valence-corrected chi connectivity index (χ2v) is 6.68. The van der Waals surface area contributed by atoms with E-state index in [1.165, 1.54) is 15.0 Å². The van der Waals surface area contributed by atoms with Crippen molar-refractivity contribution in [1.82, 2.24) is 15.1 Å². The van der Waals surface area contributed by atoms with Gasteiger partial charge in [0, 0.05) is 23.9 Å². The maximum absolute atomic E-state index is 4.68. The minimum absolute atomic E-state index is 0.441. The summed E-state index contributed by atoms with van der Waals surface area (Å²) in [5.41, 5.74) is 2.47. The Kier molecular flexibility index (Phi) is 5.81. The molecule has 0 aliphatic rings. The van der Waals surface area contributed by atoms with Gasteiger partial charge < -0.3 is 5.32 Å². The number of rotatable bonds is 7. The lowest BCUT2D eigenvalue weighted by Crippen LogP contribution is -2.30. The summed E-state index contributed by atoms with van der Waals surface area (Å²) >= 11 is 5.56. The summed E-state index contributed by atoms with van der Waals surface area (Å²) in [5.74, 6) is 0. The van der Waals surface area contributed by atoms with E-state index in [2.05, 4.69) is 62.4 Å². The molecule has 1 atom stereocenters. The molecule has 0 aliphatic carbocycles. The fraction of sp³-hybridized carbons (Fsp3) is 0.533. The Morgan fingerprint density at radius 1 is 1.40 bits per heavy atom. The van der Waals surface area contributed by atoms with Crippen LogP contribution in [0.3, 0.4) is 0 Å². The lowest BCUT2D eigenvalue weighted by molar-refractivity contribution is 0.521. The third-order valence-electron chi connectivity index (χ3n) is 3.57. The number of nitrogens with zero attached hydrogens (tertiary/aromatic N) is 2. The molecule has 0 saturated heterocycles. The van der Waals surface area contributed by atoms with Crippen molar-refractivity contribution < 1.29 is 0 Å². The van der Waals surface area contributed by atoms with Gasteiger partial charge in [-0.2, -0.15) is 5.10 Å². The molecule has 3 nitrogen and oxygen atoms in total. The first kappa shape index (κ1) is 15.7. The molecule has 0 fully saturated rings. The number of likely N-dealkylation sites (N-methyl/N-ethyl adjacent to an activating group) is 1. The zero-order chi connectivity index (χ0) is 14.5. The van der Waals surface area contributed by atoms with Crippen molar-refractivity contribution in [2.45, 2.75) is 45.7 Å². The summed E-state index contributed by atoms with van der Waals surface area (Å²) in [6, 6.07) is 4.77. The van der Waals surface area contributed by atoms with Crippen molar-refractivity contribution in [3.8, 4) is 0 Å². The standard InChI is InChI=1S/C15H22BrN3S/c1-4-13-15(16)14(19(5-2)18-13)10-11(17-3)9-12-7-6-8-20-12/h6-8,11,17H,4-5,9-10H2,1-3H3. The van der Waals surface area contributed by atoms with Crippen molar-refractivity contribution in [3.63, 3.8) is 0 Å². The molecular weight excluding hydrogens is 334 g/mol. The third-order valence-corrected chi connectivity index (χ3v) is 5.38. The Balaban J connectivity index is 2.16. The maximum atomic E-state index is 4.68. The molecule has 0 bridgehead atoms. The topological polar surface area (TPSA) is 29.9 Å². The molecule has 1 N–H and O–H groups in total. The van der Waals surface area contributed by atoms with E-state index in [-0.39, 0.29) is 0 Å². The minimum Gasteiger partial charge on any atom is -0.316 e. The monoisotopic (exact) mass is 355 g/mol. The van der Waals surface area contributed by atoms with E-state index in [1.807, 2.05) is 18.4 Å². The molecule has 0 saturated carbocycles. The number of aromatic nitrogens is 2. The molecular formula is C15H22BrN3S. The summed E-state index contributed by atoms with van der Waals surface area (Å²) in [7, 11) is 2.04. The van der Waals surface area contributed by atoms with E-state index in [4.69, 9.17) is 0 Å². The molecule has 2 aromatic rings. The predicted octanol–water partition coefficient (Wildman–Crippen LogP) is 3.66. The van der Waals surface area contributed by atoms with Crippen LogP contribution in [0.15, 0.2) is 22.0 Å². The highest BCUT2D eigenvalue weighted by atomic mass is 79.9. The second kappa shape index (κ2) is 7.38. The Bertz CT molecular complexity index is 534. The Hall–Kier alpha value is -0.650. The molecule has 2 rings (SSSR count). The van der Waals surface area contributed by atoms with Gasteiger partial charge in [-0.3, -0.25) is 4.68 Å². The van der Waals surface area contributed by atoms with Gasteiger partial charge in [0.1, 0.15) is 0 Å². The number of hydrogen-bond acceptors (Lipinski definition) is 3. The van der Waals surface area contributed by atoms with Crippen LogP contribution in [-0.2, 0) is 25.8 Å². The molecule has 1 unspecified atom stereocenters. The van der Waals surface area contributed by atoms with Gasteiger partial charge in [0.15, 0.2) is 0 Å². The number of hydrogen-bond donors (Lipinski definition) is 1. The summed E-state index contributed by atoms with van der Waals surface area (Å²) in [6.07, 6.45) is 3.03. The van der Waals surface area contributed by atoms with Gasteiger partial charge in [0.25, 0.3) is 0 Å². The summed E-state index contributed by atoms with van der Waals surface area (Å²) in [4.78, 5) is 1.43. The molecule has 2 heterocycles. The zero-order valence-electron chi connectivity index (χ0n) is 12.3. The van der Waals surface area contributed by atoms with Crippen LogP contribution in [0.25, 0.3) is 0 Å². The Labute approximate surface area is 133 Å². The largest absolute Gasteiger partial charge is 0.316 e. The number of nitrogens with one attached hydrogen (secondary N) is 1. The van der Waals surface area contributed by atoms with E-state index in [9.17, 15) is 0 Å². The smallest absolute Gasteiger partial charge is 0.0766 e. The highest BCUT2D eigenvalue weighted by Gasteiger charge is 2.18. The predicted molar refractivity (Wildman–Crippen MR) is 89.6 cm³/mol. The molecule has 0 spiro atoms. The SMILES string of the molecule is CCc1nn(CC)c(CC(Cc2cccs2)NC)c1Br. The minimum atomic E-state index is 0.441. The van der Waals surface area contributed by atoms with E-state index < -0.39 is 0 Å². The first-order chi connectivity index (χ1) is 9.69. The lowest BCUT2D eigenvalue weighted by atomic mass is 10.1. The van der Waals surface area contributed by atoms with Crippen LogP contribution in [0.2, 0.25) is 0 Å². The average molecular weight is 356 g/mol. The first-order valence-corrected chi connectivity index (χ1v) is 8.80. The van der Waals surface area contributed by atoms with Crippen LogP contribution in [0.1, 0.15) is 30.1 Å². The van der Waals surface area contributed by atoms with Crippen molar-refractivity contribution in [1.29, 1.82) is 0 Å². The van der Waals surface area contributed by atoms with Gasteiger partial charge in [0.05, 0.1) is 15.9 Å². The Morgan fingerprint density at radius 3 is 2.75 bits per heavy atom. The number of halogens is 1. The van der Waals surface area contributed by atoms with Crippen LogP contribution in [0, 0.1) is 0 Å². The van der Waals surface area contributed by atoms with Crippen LogP contribution in [0.5, 0.6) is 0 Å². The number of thiophene rings is 1. The molecule has 0 amide bonds. The van der Waals surface area contributed by atoms with Crippen LogP contribution in [0.4, 0.5) is 0 Å². The second-order valence-electron chi connectivity index (χ2n) is 4.85. The van der Waals surface area contributed by atoms with Gasteiger partial charge in [-0.05, 0) is 54.2 Å². The molecule has 20 heavy (non-hydrogen) atoms. The fourth-order valence-electron chi connectivity index (χ4n) is 2.39. The molecule has 5 heteroatoms. The van der Waals surface area contributed by atoms with Gasteiger partial charge in [-0.25, -0.2) is 0 Å². The van der Waals surface area contributed by atoms with E-state index >= 15 is 0 Å². The van der Waals surface area contributed by atoms with Gasteiger partial charge >= 0.3 is 0 Å². The van der Waals surface area contributed by atoms with E-state index in [1.54, 1.807) is 0 Å². The molecule has 0 aliphatic heterocycles. The van der Waals surface area contributed by atoms with Crippen molar-refractivity contribution >= 4 is 27.3 Å². The lowest BCUT2D eigenvalue weighted by Gasteiger charge is -2.16. The molecule has 110 valence electrons. The van der Waals surface area contributed by atoms with E-state index in [0.717, 1.165) is 31.5 Å². The molecule has 2 aromatic heterocycles. The fourth-order valence-corrected chi connectivity index (χ4v) is 3.91. The van der Waals surface area contributed by atoms with Gasteiger partial charge in [-0.15, -0.1) is 11.3 Å². The van der Waals surface area contributed by atoms with Gasteiger partial charge in [0.2, 0.25) is 0 Å². The quantitative estimate of drug-likeness (QED) is 0.821. The first-order valence-electron chi connectivity index (χ1n) is 7.13. The van der Waals surface area contributed by atoms with Crippen LogP contribution < -0.4 is 5.32 Å². The Morgan fingerprint density at radius 2 is 2.20 bits per heavy atom. The van der Waals surface area contributed by atoms with Crippen LogP contribution in [-0.4, -0.2) is 22.9 Å². The third kappa shape index (κ3) is 3.51. The van der Waals surface area contributed by atoms with Crippen molar-refractivity contribution in [2.75, 3.05) is 7.05 Å². The van der Waals surface area contributed by atoms with Crippen molar-refractivity contribution in [2.24, 2.45) is 0 Å². The highest BCUT2D eigenvalue weighted by molar-refractivity contribution is 9.10. The summed E-state index contributed by atoms with van der Waals surface area (Å²) in [6.45, 7) is 5.22. The number of aryl methyl sites for hydroxylation is 2. The normalized spacial score (nSPS) is 12.8. The highest BCUT2D eigenvalue weighted by Crippen LogP contribution is 2.24. The maximum Gasteiger partial charge on any atom is 0.0766 e. The zero-order valence-corrected chi connectivity index (χ0v) is 14.7. The van der Waals surface area contributed by atoms with E-state index in [0.29, 0.717) is 6.04 Å². The molecule has 0 radical (unpaired) electrons. The summed E-state index contributed by atoms with van der Waals surface area (Å²) in [5, 5.41) is 10.3. The van der Waals surface area contributed by atoms with Crippen LogP contribution >= 0.6 is 27.3 Å².